The Morgan fingerprint density at radius 2 is 2.09 bits per heavy atom. The smallest absolute Gasteiger partial charge is 0.255 e. The molecule has 6 heteroatoms. The quantitative estimate of drug-likeness (QED) is 0.788. The molecule has 0 radical (unpaired) electrons. The summed E-state index contributed by atoms with van der Waals surface area (Å²) in [4.78, 5) is 22.0. The summed E-state index contributed by atoms with van der Waals surface area (Å²) in [6.45, 7) is 1.69. The zero-order chi connectivity index (χ0) is 15.1. The average Bonchev–Trinajstić information content (AvgIpc) is 3.25. The van der Waals surface area contributed by atoms with Crippen molar-refractivity contribution in [3.8, 4) is 11.1 Å². The number of aryl methyl sites for hydroxylation is 1. The number of likely N-dealkylation sites (tertiary alicyclic amines) is 1. The van der Waals surface area contributed by atoms with Crippen LogP contribution >= 0.6 is 0 Å². The van der Waals surface area contributed by atoms with Crippen molar-refractivity contribution in [1.82, 2.24) is 24.6 Å². The van der Waals surface area contributed by atoms with Crippen molar-refractivity contribution < 1.29 is 4.79 Å². The Labute approximate surface area is 127 Å². The fourth-order valence-corrected chi connectivity index (χ4v) is 3.02. The first kappa shape index (κ1) is 13.1. The summed E-state index contributed by atoms with van der Waals surface area (Å²) in [6, 6.07) is 1.93. The molecular weight excluding hydrogens is 278 g/mol. The van der Waals surface area contributed by atoms with E-state index in [0.29, 0.717) is 5.56 Å². The first-order valence-corrected chi connectivity index (χ1v) is 7.48. The molecule has 22 heavy (non-hydrogen) atoms. The van der Waals surface area contributed by atoms with Gasteiger partial charge < -0.3 is 9.88 Å². The number of carbonyl (C=O) groups is 1. The third-order valence-electron chi connectivity index (χ3n) is 4.19. The number of amides is 1. The molecule has 4 rings (SSSR count). The Hall–Kier alpha value is -2.63. The van der Waals surface area contributed by atoms with Crippen molar-refractivity contribution in [2.75, 3.05) is 13.1 Å². The standard InChI is InChI=1S/C16H17N5O/c1-20-10-12(8-19-20)14-9-18-15-13(14)6-11(7-17-15)16(22)21-4-2-3-5-21/h6-10H,2-5H2,1H3,(H,17,18). The molecule has 0 aromatic carbocycles. The zero-order valence-corrected chi connectivity index (χ0v) is 12.4. The number of aromatic amines is 1. The number of hydrogen-bond acceptors (Lipinski definition) is 3. The summed E-state index contributed by atoms with van der Waals surface area (Å²) in [6.07, 6.45) is 9.53. The van der Waals surface area contributed by atoms with E-state index in [1.54, 1.807) is 10.9 Å². The lowest BCUT2D eigenvalue weighted by atomic mass is 10.1. The molecule has 112 valence electrons. The first-order chi connectivity index (χ1) is 10.7. The Kier molecular flexibility index (Phi) is 2.96. The molecule has 3 aromatic rings. The molecule has 6 nitrogen and oxygen atoms in total. The van der Waals surface area contributed by atoms with E-state index in [0.717, 1.165) is 48.1 Å². The minimum Gasteiger partial charge on any atom is -0.346 e. The van der Waals surface area contributed by atoms with Gasteiger partial charge in [0.15, 0.2) is 0 Å². The largest absolute Gasteiger partial charge is 0.346 e. The number of hydrogen-bond donors (Lipinski definition) is 1. The monoisotopic (exact) mass is 295 g/mol. The van der Waals surface area contributed by atoms with Crippen LogP contribution in [0.25, 0.3) is 22.2 Å². The van der Waals surface area contributed by atoms with Crippen LogP contribution in [0.3, 0.4) is 0 Å². The summed E-state index contributed by atoms with van der Waals surface area (Å²) < 4.78 is 1.76. The second kappa shape index (κ2) is 4.98. The van der Waals surface area contributed by atoms with Gasteiger partial charge in [-0.1, -0.05) is 0 Å². The predicted molar refractivity (Wildman–Crippen MR) is 83.4 cm³/mol. The third-order valence-corrected chi connectivity index (χ3v) is 4.19. The SMILES string of the molecule is Cn1cc(-c2c[nH]c3ncc(C(=O)N4CCCC4)cc23)cn1. The van der Waals surface area contributed by atoms with Crippen LogP contribution in [0.1, 0.15) is 23.2 Å². The van der Waals surface area contributed by atoms with Crippen LogP contribution in [0.15, 0.2) is 30.9 Å². The van der Waals surface area contributed by atoms with E-state index in [9.17, 15) is 4.79 Å². The Balaban J connectivity index is 1.77. The summed E-state index contributed by atoms with van der Waals surface area (Å²) in [5.74, 6) is 0.0743. The van der Waals surface area contributed by atoms with Crippen LogP contribution < -0.4 is 0 Å². The number of rotatable bonds is 2. The molecular formula is C16H17N5O. The van der Waals surface area contributed by atoms with E-state index < -0.39 is 0 Å². The Morgan fingerprint density at radius 1 is 1.27 bits per heavy atom. The normalized spacial score (nSPS) is 14.9. The minimum atomic E-state index is 0.0743. The molecule has 0 spiro atoms. The lowest BCUT2D eigenvalue weighted by Gasteiger charge is -2.14. The minimum absolute atomic E-state index is 0.0743. The van der Waals surface area contributed by atoms with Gasteiger partial charge in [0.1, 0.15) is 5.65 Å². The van der Waals surface area contributed by atoms with Gasteiger partial charge in [-0.2, -0.15) is 5.10 Å². The van der Waals surface area contributed by atoms with Crippen LogP contribution in [0.2, 0.25) is 0 Å². The van der Waals surface area contributed by atoms with Crippen LogP contribution in [0.4, 0.5) is 0 Å². The van der Waals surface area contributed by atoms with Crippen molar-refractivity contribution >= 4 is 16.9 Å². The van der Waals surface area contributed by atoms with Crippen molar-refractivity contribution in [1.29, 1.82) is 0 Å². The molecule has 1 aliphatic rings. The average molecular weight is 295 g/mol. The maximum atomic E-state index is 12.5. The highest BCUT2D eigenvalue weighted by Gasteiger charge is 2.20. The van der Waals surface area contributed by atoms with Crippen molar-refractivity contribution in [3.63, 3.8) is 0 Å². The number of aromatic nitrogens is 4. The van der Waals surface area contributed by atoms with E-state index in [-0.39, 0.29) is 5.91 Å². The van der Waals surface area contributed by atoms with Gasteiger partial charge >= 0.3 is 0 Å². The topological polar surface area (TPSA) is 66.8 Å². The lowest BCUT2D eigenvalue weighted by Crippen LogP contribution is -2.27. The molecule has 1 amide bonds. The lowest BCUT2D eigenvalue weighted by molar-refractivity contribution is 0.0792. The van der Waals surface area contributed by atoms with Crippen LogP contribution in [-0.2, 0) is 7.05 Å². The zero-order valence-electron chi connectivity index (χ0n) is 12.4. The highest BCUT2D eigenvalue weighted by molar-refractivity contribution is 6.01. The van der Waals surface area contributed by atoms with E-state index in [2.05, 4.69) is 15.1 Å². The number of pyridine rings is 1. The number of H-pyrrole nitrogens is 1. The van der Waals surface area contributed by atoms with Gasteiger partial charge in [-0.3, -0.25) is 9.48 Å². The van der Waals surface area contributed by atoms with Gasteiger partial charge in [-0.15, -0.1) is 0 Å². The molecule has 0 unspecified atom stereocenters. The van der Waals surface area contributed by atoms with E-state index >= 15 is 0 Å². The molecule has 1 N–H and O–H groups in total. The van der Waals surface area contributed by atoms with Crippen molar-refractivity contribution in [3.05, 3.63) is 36.4 Å². The van der Waals surface area contributed by atoms with Crippen molar-refractivity contribution in [2.24, 2.45) is 7.05 Å². The van der Waals surface area contributed by atoms with Gasteiger partial charge in [0.05, 0.1) is 11.8 Å². The van der Waals surface area contributed by atoms with Crippen LogP contribution in [0, 0.1) is 0 Å². The van der Waals surface area contributed by atoms with E-state index in [1.807, 2.05) is 36.6 Å². The van der Waals surface area contributed by atoms with Crippen molar-refractivity contribution in [2.45, 2.75) is 12.8 Å². The predicted octanol–water partition coefficient (Wildman–Crippen LogP) is 2.20. The Bertz CT molecular complexity index is 841. The first-order valence-electron chi connectivity index (χ1n) is 7.48. The highest BCUT2D eigenvalue weighted by atomic mass is 16.2. The molecule has 0 saturated carbocycles. The summed E-state index contributed by atoms with van der Waals surface area (Å²) in [7, 11) is 1.89. The van der Waals surface area contributed by atoms with Gasteiger partial charge in [0, 0.05) is 55.2 Å². The molecule has 1 fully saturated rings. The molecule has 1 aliphatic heterocycles. The van der Waals surface area contributed by atoms with Gasteiger partial charge in [0.25, 0.3) is 5.91 Å². The maximum absolute atomic E-state index is 12.5. The number of nitrogens with zero attached hydrogens (tertiary/aromatic N) is 4. The van der Waals surface area contributed by atoms with Gasteiger partial charge in [0.2, 0.25) is 0 Å². The molecule has 1 saturated heterocycles. The molecule has 4 heterocycles. The van der Waals surface area contributed by atoms with Crippen LogP contribution in [-0.4, -0.2) is 43.6 Å². The fraction of sp³-hybridized carbons (Fsp3) is 0.312. The summed E-state index contributed by atoms with van der Waals surface area (Å²) in [5, 5.41) is 5.16. The fourth-order valence-electron chi connectivity index (χ4n) is 3.02. The van der Waals surface area contributed by atoms with Crippen LogP contribution in [0.5, 0.6) is 0 Å². The van der Waals surface area contributed by atoms with E-state index in [4.69, 9.17) is 0 Å². The summed E-state index contributed by atoms with van der Waals surface area (Å²) in [5.41, 5.74) is 3.48. The molecule has 0 atom stereocenters. The molecule has 3 aromatic heterocycles. The summed E-state index contributed by atoms with van der Waals surface area (Å²) >= 11 is 0. The third kappa shape index (κ3) is 2.07. The van der Waals surface area contributed by atoms with Gasteiger partial charge in [-0.25, -0.2) is 4.98 Å². The number of nitrogens with one attached hydrogen (secondary N) is 1. The number of fused-ring (bicyclic) bond motifs is 1. The second-order valence-electron chi connectivity index (χ2n) is 5.72. The highest BCUT2D eigenvalue weighted by Crippen LogP contribution is 2.28. The van der Waals surface area contributed by atoms with Gasteiger partial charge in [-0.05, 0) is 18.9 Å². The Morgan fingerprint density at radius 3 is 2.82 bits per heavy atom. The number of carbonyl (C=O) groups excluding carboxylic acids is 1. The molecule has 0 aliphatic carbocycles. The maximum Gasteiger partial charge on any atom is 0.255 e. The van der Waals surface area contributed by atoms with E-state index in [1.165, 1.54) is 0 Å². The molecule has 0 bridgehead atoms. The second-order valence-corrected chi connectivity index (χ2v) is 5.72.